The van der Waals surface area contributed by atoms with Crippen LogP contribution >= 0.6 is 23.1 Å². The standard InChI is InChI=1S/C19H19ClFN5O2S2/c20-14-4-3-13(17(9-14)26-7-1-2-8-26)11-22-15-5-6-18(16(21)10-15)30(27,28)25-19-23-12-24-29-19/h3-6,9-10,12,22H,1-2,7-8,11H2,(H,23,24,25). The highest BCUT2D eigenvalue weighted by Gasteiger charge is 2.21. The highest BCUT2D eigenvalue weighted by atomic mass is 35.5. The Morgan fingerprint density at radius 2 is 1.97 bits per heavy atom. The van der Waals surface area contributed by atoms with Crippen molar-refractivity contribution in [3.05, 3.63) is 59.1 Å². The minimum absolute atomic E-state index is 0.0776. The van der Waals surface area contributed by atoms with Crippen LogP contribution in [0.1, 0.15) is 18.4 Å². The van der Waals surface area contributed by atoms with Crippen LogP contribution in [0, 0.1) is 5.82 Å². The van der Waals surface area contributed by atoms with Gasteiger partial charge in [0.1, 0.15) is 17.0 Å². The molecular weight excluding hydrogens is 449 g/mol. The number of rotatable bonds is 7. The Morgan fingerprint density at radius 3 is 2.67 bits per heavy atom. The molecule has 1 aromatic heterocycles. The number of sulfonamides is 1. The van der Waals surface area contributed by atoms with E-state index in [4.69, 9.17) is 11.6 Å². The lowest BCUT2D eigenvalue weighted by atomic mass is 10.1. The summed E-state index contributed by atoms with van der Waals surface area (Å²) >= 11 is 7.05. The van der Waals surface area contributed by atoms with Crippen LogP contribution in [-0.2, 0) is 16.6 Å². The fourth-order valence-corrected chi connectivity index (χ4v) is 5.24. The molecule has 11 heteroatoms. The van der Waals surface area contributed by atoms with Crippen molar-refractivity contribution in [2.75, 3.05) is 28.0 Å². The van der Waals surface area contributed by atoms with Crippen molar-refractivity contribution >= 4 is 49.7 Å². The van der Waals surface area contributed by atoms with Crippen molar-refractivity contribution in [1.29, 1.82) is 0 Å². The summed E-state index contributed by atoms with van der Waals surface area (Å²) in [4.78, 5) is 5.59. The molecule has 0 unspecified atom stereocenters. The summed E-state index contributed by atoms with van der Waals surface area (Å²) < 4.78 is 45.3. The Balaban J connectivity index is 1.50. The number of aromatic nitrogens is 2. The Labute approximate surface area is 183 Å². The molecule has 3 aromatic rings. The highest BCUT2D eigenvalue weighted by Crippen LogP contribution is 2.29. The van der Waals surface area contributed by atoms with E-state index in [1.54, 1.807) is 0 Å². The first-order chi connectivity index (χ1) is 14.4. The van der Waals surface area contributed by atoms with Gasteiger partial charge in [0.05, 0.1) is 0 Å². The van der Waals surface area contributed by atoms with Gasteiger partial charge in [0.15, 0.2) is 0 Å². The summed E-state index contributed by atoms with van der Waals surface area (Å²) in [6.45, 7) is 2.42. The van der Waals surface area contributed by atoms with Gasteiger partial charge in [0, 0.05) is 47.6 Å². The number of nitrogens with one attached hydrogen (secondary N) is 2. The first kappa shape index (κ1) is 20.8. The molecule has 1 aliphatic heterocycles. The molecule has 4 rings (SSSR count). The van der Waals surface area contributed by atoms with Gasteiger partial charge in [-0.25, -0.2) is 17.8 Å². The molecule has 0 aliphatic carbocycles. The summed E-state index contributed by atoms with van der Waals surface area (Å²) in [5, 5.41) is 3.91. The number of nitrogens with zero attached hydrogens (tertiary/aromatic N) is 3. The molecular formula is C19H19ClFN5O2S2. The quantitative estimate of drug-likeness (QED) is 0.537. The molecule has 1 fully saturated rings. The SMILES string of the molecule is O=S(=O)(Nc1ncns1)c1ccc(NCc2ccc(Cl)cc2N2CCCC2)cc1F. The van der Waals surface area contributed by atoms with E-state index in [-0.39, 0.29) is 5.13 Å². The normalized spacial score (nSPS) is 14.1. The van der Waals surface area contributed by atoms with Gasteiger partial charge in [-0.3, -0.25) is 4.72 Å². The molecule has 0 spiro atoms. The zero-order chi connectivity index (χ0) is 21.1. The van der Waals surface area contributed by atoms with Gasteiger partial charge >= 0.3 is 0 Å². The van der Waals surface area contributed by atoms with Crippen LogP contribution < -0.4 is 14.9 Å². The van der Waals surface area contributed by atoms with Gasteiger partial charge in [-0.2, -0.15) is 4.37 Å². The zero-order valence-corrected chi connectivity index (χ0v) is 18.2. The highest BCUT2D eigenvalue weighted by molar-refractivity contribution is 7.93. The lowest BCUT2D eigenvalue weighted by Crippen LogP contribution is -2.20. The van der Waals surface area contributed by atoms with E-state index < -0.39 is 20.7 Å². The predicted molar refractivity (Wildman–Crippen MR) is 117 cm³/mol. The third kappa shape index (κ3) is 4.66. The third-order valence-corrected chi connectivity index (χ3v) is 7.10. The molecule has 0 bridgehead atoms. The molecule has 1 aliphatic rings. The van der Waals surface area contributed by atoms with Crippen LogP contribution in [0.3, 0.4) is 0 Å². The fourth-order valence-electron chi connectivity index (χ4n) is 3.35. The Hall–Kier alpha value is -2.43. The Morgan fingerprint density at radius 1 is 1.17 bits per heavy atom. The van der Waals surface area contributed by atoms with E-state index in [0.717, 1.165) is 48.7 Å². The molecule has 0 radical (unpaired) electrons. The molecule has 0 atom stereocenters. The van der Waals surface area contributed by atoms with Crippen LogP contribution in [0.25, 0.3) is 0 Å². The van der Waals surface area contributed by atoms with Gasteiger partial charge in [-0.05, 0) is 48.7 Å². The molecule has 7 nitrogen and oxygen atoms in total. The van der Waals surface area contributed by atoms with Crippen LogP contribution in [0.15, 0.2) is 47.6 Å². The van der Waals surface area contributed by atoms with Crippen molar-refractivity contribution in [2.45, 2.75) is 24.3 Å². The molecule has 158 valence electrons. The van der Waals surface area contributed by atoms with Crippen LogP contribution in [0.5, 0.6) is 0 Å². The number of hydrogen-bond donors (Lipinski definition) is 2. The third-order valence-electron chi connectivity index (χ3n) is 4.78. The monoisotopic (exact) mass is 467 g/mol. The van der Waals surface area contributed by atoms with Gasteiger partial charge in [0.2, 0.25) is 5.13 Å². The van der Waals surface area contributed by atoms with Crippen LogP contribution in [0.4, 0.5) is 20.9 Å². The van der Waals surface area contributed by atoms with E-state index in [1.165, 1.54) is 24.5 Å². The predicted octanol–water partition coefficient (Wildman–Crippen LogP) is 4.34. The number of anilines is 3. The van der Waals surface area contributed by atoms with E-state index in [9.17, 15) is 12.8 Å². The summed E-state index contributed by atoms with van der Waals surface area (Å²) in [5.41, 5.74) is 2.58. The zero-order valence-electron chi connectivity index (χ0n) is 15.8. The maximum atomic E-state index is 14.6. The first-order valence-electron chi connectivity index (χ1n) is 9.29. The number of halogens is 2. The smallest absolute Gasteiger partial charge is 0.266 e. The Kier molecular flexibility index (Phi) is 6.07. The van der Waals surface area contributed by atoms with Gasteiger partial charge in [-0.1, -0.05) is 17.7 Å². The van der Waals surface area contributed by atoms with Gasteiger partial charge in [-0.15, -0.1) is 0 Å². The van der Waals surface area contributed by atoms with Crippen LogP contribution in [-0.4, -0.2) is 30.9 Å². The minimum Gasteiger partial charge on any atom is -0.381 e. The van der Waals surface area contributed by atoms with E-state index in [1.807, 2.05) is 18.2 Å². The molecule has 0 amide bonds. The topological polar surface area (TPSA) is 87.2 Å². The summed E-state index contributed by atoms with van der Waals surface area (Å²) in [6, 6.07) is 9.64. The molecule has 2 heterocycles. The summed E-state index contributed by atoms with van der Waals surface area (Å²) in [6.07, 6.45) is 3.51. The van der Waals surface area contributed by atoms with Crippen molar-refractivity contribution in [3.8, 4) is 0 Å². The lowest BCUT2D eigenvalue weighted by molar-refractivity contribution is 0.570. The number of hydrogen-bond acceptors (Lipinski definition) is 7. The van der Waals surface area contributed by atoms with Crippen molar-refractivity contribution in [3.63, 3.8) is 0 Å². The fraction of sp³-hybridized carbons (Fsp3) is 0.263. The molecule has 2 N–H and O–H groups in total. The molecule has 1 saturated heterocycles. The molecule has 30 heavy (non-hydrogen) atoms. The van der Waals surface area contributed by atoms with Crippen molar-refractivity contribution in [1.82, 2.24) is 9.36 Å². The van der Waals surface area contributed by atoms with Gasteiger partial charge in [0.25, 0.3) is 10.0 Å². The maximum absolute atomic E-state index is 14.6. The second kappa shape index (κ2) is 8.75. The largest absolute Gasteiger partial charge is 0.381 e. The van der Waals surface area contributed by atoms with E-state index in [0.29, 0.717) is 17.3 Å². The van der Waals surface area contributed by atoms with Crippen molar-refractivity contribution < 1.29 is 12.8 Å². The van der Waals surface area contributed by atoms with E-state index >= 15 is 0 Å². The maximum Gasteiger partial charge on any atom is 0.266 e. The second-order valence-electron chi connectivity index (χ2n) is 6.82. The van der Waals surface area contributed by atoms with Crippen molar-refractivity contribution in [2.24, 2.45) is 0 Å². The molecule has 0 saturated carbocycles. The minimum atomic E-state index is -4.09. The van der Waals surface area contributed by atoms with Gasteiger partial charge < -0.3 is 10.2 Å². The molecule has 2 aromatic carbocycles. The first-order valence-corrected chi connectivity index (χ1v) is 11.9. The Bertz CT molecular complexity index is 1140. The average Bonchev–Trinajstić information content (AvgIpc) is 3.40. The average molecular weight is 468 g/mol. The van der Waals surface area contributed by atoms with E-state index in [2.05, 4.69) is 24.3 Å². The van der Waals surface area contributed by atoms with Crippen LogP contribution in [0.2, 0.25) is 5.02 Å². The lowest BCUT2D eigenvalue weighted by Gasteiger charge is -2.22. The summed E-state index contributed by atoms with van der Waals surface area (Å²) in [5.74, 6) is -0.854. The second-order valence-corrected chi connectivity index (χ2v) is 9.69. The number of benzene rings is 2. The summed E-state index contributed by atoms with van der Waals surface area (Å²) in [7, 11) is -4.09.